The van der Waals surface area contributed by atoms with Gasteiger partial charge in [-0.1, -0.05) is 13.3 Å². The molecular formula is C9H17NO2. The molecule has 1 saturated carbocycles. The maximum Gasteiger partial charge on any atom is 0.320 e. The SMILES string of the molecule is CCCCNC(C(=O)O)C1CC1. The summed E-state index contributed by atoms with van der Waals surface area (Å²) in [6, 6.07) is -0.281. The predicted octanol–water partition coefficient (Wildman–Crippen LogP) is 1.24. The second-order valence-electron chi connectivity index (χ2n) is 3.46. The normalized spacial score (nSPS) is 19.1. The zero-order chi connectivity index (χ0) is 8.97. The predicted molar refractivity (Wildman–Crippen MR) is 47.1 cm³/mol. The molecule has 3 heteroatoms. The number of rotatable bonds is 6. The molecule has 2 N–H and O–H groups in total. The van der Waals surface area contributed by atoms with Gasteiger partial charge in [0.05, 0.1) is 0 Å². The maximum atomic E-state index is 10.7. The molecule has 0 spiro atoms. The van der Waals surface area contributed by atoms with Gasteiger partial charge in [-0.15, -0.1) is 0 Å². The van der Waals surface area contributed by atoms with Crippen LogP contribution in [0.5, 0.6) is 0 Å². The molecule has 3 nitrogen and oxygen atoms in total. The van der Waals surface area contributed by atoms with Crippen LogP contribution in [0.25, 0.3) is 0 Å². The van der Waals surface area contributed by atoms with Crippen LogP contribution in [0.1, 0.15) is 32.6 Å². The van der Waals surface area contributed by atoms with Crippen molar-refractivity contribution in [2.24, 2.45) is 5.92 Å². The summed E-state index contributed by atoms with van der Waals surface area (Å²) in [4.78, 5) is 10.7. The molecule has 0 aliphatic heterocycles. The molecule has 1 rings (SSSR count). The van der Waals surface area contributed by atoms with E-state index >= 15 is 0 Å². The van der Waals surface area contributed by atoms with Crippen LogP contribution in [0, 0.1) is 5.92 Å². The number of carbonyl (C=O) groups is 1. The Morgan fingerprint density at radius 3 is 2.75 bits per heavy atom. The lowest BCUT2D eigenvalue weighted by molar-refractivity contribution is -0.140. The number of carboxylic acids is 1. The molecule has 0 bridgehead atoms. The summed E-state index contributed by atoms with van der Waals surface area (Å²) in [6.45, 7) is 2.94. The van der Waals surface area contributed by atoms with Crippen molar-refractivity contribution >= 4 is 5.97 Å². The third-order valence-corrected chi connectivity index (χ3v) is 2.25. The van der Waals surface area contributed by atoms with Crippen molar-refractivity contribution in [2.75, 3.05) is 6.54 Å². The van der Waals surface area contributed by atoms with Crippen molar-refractivity contribution in [1.82, 2.24) is 5.32 Å². The molecule has 0 saturated heterocycles. The fourth-order valence-corrected chi connectivity index (χ4v) is 1.32. The first-order valence-electron chi connectivity index (χ1n) is 4.72. The molecule has 0 heterocycles. The highest BCUT2D eigenvalue weighted by Gasteiger charge is 2.35. The maximum absolute atomic E-state index is 10.7. The highest BCUT2D eigenvalue weighted by atomic mass is 16.4. The van der Waals surface area contributed by atoms with Gasteiger partial charge in [0.2, 0.25) is 0 Å². The second-order valence-corrected chi connectivity index (χ2v) is 3.46. The van der Waals surface area contributed by atoms with E-state index in [1.54, 1.807) is 0 Å². The number of aliphatic carboxylic acids is 1. The van der Waals surface area contributed by atoms with Crippen molar-refractivity contribution < 1.29 is 9.90 Å². The highest BCUT2D eigenvalue weighted by Crippen LogP contribution is 2.32. The van der Waals surface area contributed by atoms with Crippen LogP contribution in [-0.2, 0) is 4.79 Å². The summed E-state index contributed by atoms with van der Waals surface area (Å²) in [7, 11) is 0. The Balaban J connectivity index is 2.19. The Morgan fingerprint density at radius 2 is 2.33 bits per heavy atom. The quantitative estimate of drug-likeness (QED) is 0.591. The molecule has 1 unspecified atom stereocenters. The van der Waals surface area contributed by atoms with Crippen molar-refractivity contribution in [2.45, 2.75) is 38.6 Å². The van der Waals surface area contributed by atoms with E-state index in [2.05, 4.69) is 12.2 Å². The van der Waals surface area contributed by atoms with Crippen LogP contribution in [0.3, 0.4) is 0 Å². The van der Waals surface area contributed by atoms with Gasteiger partial charge in [0.1, 0.15) is 6.04 Å². The second kappa shape index (κ2) is 4.45. The third kappa shape index (κ3) is 2.81. The third-order valence-electron chi connectivity index (χ3n) is 2.25. The molecule has 1 aliphatic rings. The first-order valence-corrected chi connectivity index (χ1v) is 4.72. The van der Waals surface area contributed by atoms with E-state index < -0.39 is 5.97 Å². The van der Waals surface area contributed by atoms with Gasteiger partial charge in [-0.05, 0) is 31.7 Å². The molecule has 1 fully saturated rings. The summed E-state index contributed by atoms with van der Waals surface area (Å²) >= 11 is 0. The summed E-state index contributed by atoms with van der Waals surface area (Å²) in [5, 5.41) is 11.9. The van der Waals surface area contributed by atoms with Crippen molar-refractivity contribution in [3.63, 3.8) is 0 Å². The molecular weight excluding hydrogens is 154 g/mol. The Hall–Kier alpha value is -0.570. The lowest BCUT2D eigenvalue weighted by atomic mass is 10.2. The van der Waals surface area contributed by atoms with Crippen molar-refractivity contribution in [3.8, 4) is 0 Å². The van der Waals surface area contributed by atoms with E-state index in [0.717, 1.165) is 32.2 Å². The average molecular weight is 171 g/mol. The number of carboxylic acid groups (broad SMARTS) is 1. The first-order chi connectivity index (χ1) is 5.75. The van der Waals surface area contributed by atoms with Gasteiger partial charge in [-0.3, -0.25) is 4.79 Å². The van der Waals surface area contributed by atoms with Crippen molar-refractivity contribution in [3.05, 3.63) is 0 Å². The summed E-state index contributed by atoms with van der Waals surface area (Å²) < 4.78 is 0. The Kier molecular flexibility index (Phi) is 3.53. The topological polar surface area (TPSA) is 49.3 Å². The van der Waals surface area contributed by atoms with Gasteiger partial charge < -0.3 is 10.4 Å². The van der Waals surface area contributed by atoms with Crippen molar-refractivity contribution in [1.29, 1.82) is 0 Å². The van der Waals surface area contributed by atoms with E-state index in [1.807, 2.05) is 0 Å². The molecule has 0 aromatic heterocycles. The van der Waals surface area contributed by atoms with Crippen LogP contribution in [0.4, 0.5) is 0 Å². The van der Waals surface area contributed by atoms with Crippen LogP contribution >= 0.6 is 0 Å². The first kappa shape index (κ1) is 9.52. The van der Waals surface area contributed by atoms with E-state index in [4.69, 9.17) is 5.11 Å². The number of unbranched alkanes of at least 4 members (excludes halogenated alkanes) is 1. The van der Waals surface area contributed by atoms with Gasteiger partial charge in [-0.2, -0.15) is 0 Å². The minimum Gasteiger partial charge on any atom is -0.480 e. The Morgan fingerprint density at radius 1 is 1.67 bits per heavy atom. The van der Waals surface area contributed by atoms with E-state index in [0.29, 0.717) is 5.92 Å². The van der Waals surface area contributed by atoms with E-state index in [-0.39, 0.29) is 6.04 Å². The van der Waals surface area contributed by atoms with E-state index in [1.165, 1.54) is 0 Å². The fourth-order valence-electron chi connectivity index (χ4n) is 1.32. The zero-order valence-electron chi connectivity index (χ0n) is 7.55. The minimum absolute atomic E-state index is 0.281. The van der Waals surface area contributed by atoms with Gasteiger partial charge >= 0.3 is 5.97 Å². The Labute approximate surface area is 73.2 Å². The largest absolute Gasteiger partial charge is 0.480 e. The van der Waals surface area contributed by atoms with Crippen LogP contribution < -0.4 is 5.32 Å². The summed E-state index contributed by atoms with van der Waals surface area (Å²) in [6.07, 6.45) is 4.34. The molecule has 0 amide bonds. The van der Waals surface area contributed by atoms with Gasteiger partial charge in [-0.25, -0.2) is 0 Å². The molecule has 12 heavy (non-hydrogen) atoms. The smallest absolute Gasteiger partial charge is 0.320 e. The van der Waals surface area contributed by atoms with Crippen LogP contribution in [0.2, 0.25) is 0 Å². The molecule has 1 aliphatic carbocycles. The lowest BCUT2D eigenvalue weighted by Gasteiger charge is -2.12. The number of hydrogen-bond acceptors (Lipinski definition) is 2. The minimum atomic E-state index is -0.686. The molecule has 0 radical (unpaired) electrons. The van der Waals surface area contributed by atoms with Gasteiger partial charge in [0.25, 0.3) is 0 Å². The molecule has 70 valence electrons. The molecule has 0 aromatic carbocycles. The summed E-state index contributed by atoms with van der Waals surface area (Å²) in [5.41, 5.74) is 0. The van der Waals surface area contributed by atoms with Crippen LogP contribution in [-0.4, -0.2) is 23.7 Å². The average Bonchev–Trinajstić information content (AvgIpc) is 2.80. The Bertz CT molecular complexity index is 155. The number of hydrogen-bond donors (Lipinski definition) is 2. The highest BCUT2D eigenvalue weighted by molar-refractivity contribution is 5.74. The molecule has 0 aromatic rings. The molecule has 1 atom stereocenters. The van der Waals surface area contributed by atoms with Gasteiger partial charge in [0.15, 0.2) is 0 Å². The zero-order valence-corrected chi connectivity index (χ0v) is 7.55. The fraction of sp³-hybridized carbons (Fsp3) is 0.889. The van der Waals surface area contributed by atoms with Gasteiger partial charge in [0, 0.05) is 0 Å². The van der Waals surface area contributed by atoms with E-state index in [9.17, 15) is 4.79 Å². The monoisotopic (exact) mass is 171 g/mol. The van der Waals surface area contributed by atoms with Crippen LogP contribution in [0.15, 0.2) is 0 Å². The standard InChI is InChI=1S/C9H17NO2/c1-2-3-6-10-8(9(11)12)7-4-5-7/h7-8,10H,2-6H2,1H3,(H,11,12). The lowest BCUT2D eigenvalue weighted by Crippen LogP contribution is -2.38. The number of nitrogens with one attached hydrogen (secondary N) is 1. The summed E-state index contributed by atoms with van der Waals surface area (Å²) in [5.74, 6) is -0.284.